The zero-order valence-corrected chi connectivity index (χ0v) is 14.3. The summed E-state index contributed by atoms with van der Waals surface area (Å²) in [5.74, 6) is -0.180. The van der Waals surface area contributed by atoms with E-state index in [1.54, 1.807) is 12.1 Å². The molecule has 1 saturated carbocycles. The van der Waals surface area contributed by atoms with E-state index < -0.39 is 5.97 Å². The second kappa shape index (κ2) is 7.77. The van der Waals surface area contributed by atoms with Crippen LogP contribution in [0.25, 0.3) is 0 Å². The molecule has 1 aliphatic carbocycles. The Hall–Kier alpha value is -1.11. The van der Waals surface area contributed by atoms with E-state index in [-0.39, 0.29) is 18.6 Å². The molecule has 1 aromatic rings. The maximum atomic E-state index is 11.9. The molecular formula is C16H20INO3. The number of carbonyl (C=O) groups is 2. The van der Waals surface area contributed by atoms with E-state index in [0.29, 0.717) is 11.5 Å². The molecule has 1 aromatic carbocycles. The summed E-state index contributed by atoms with van der Waals surface area (Å²) in [4.78, 5) is 23.7. The monoisotopic (exact) mass is 401 g/mol. The first-order valence-electron chi connectivity index (χ1n) is 7.28. The summed E-state index contributed by atoms with van der Waals surface area (Å²) in [6.45, 7) is 1.94. The molecule has 4 nitrogen and oxygen atoms in total. The van der Waals surface area contributed by atoms with Crippen LogP contribution in [0, 0.1) is 9.49 Å². The molecule has 1 N–H and O–H groups in total. The van der Waals surface area contributed by atoms with Crippen molar-refractivity contribution in [2.45, 2.75) is 38.6 Å². The maximum Gasteiger partial charge on any atom is 0.338 e. The average Bonchev–Trinajstić information content (AvgIpc) is 2.48. The highest BCUT2D eigenvalue weighted by molar-refractivity contribution is 14.1. The highest BCUT2D eigenvalue weighted by Gasteiger charge is 2.23. The van der Waals surface area contributed by atoms with Gasteiger partial charge in [-0.1, -0.05) is 19.8 Å². The Balaban J connectivity index is 1.78. The van der Waals surface area contributed by atoms with Gasteiger partial charge in [0.1, 0.15) is 0 Å². The minimum absolute atomic E-state index is 0.211. The van der Waals surface area contributed by atoms with E-state index in [2.05, 4.69) is 34.8 Å². The molecule has 2 atom stereocenters. The lowest BCUT2D eigenvalue weighted by Crippen LogP contribution is -2.42. The molecule has 5 heteroatoms. The molecule has 0 aliphatic heterocycles. The van der Waals surface area contributed by atoms with Crippen molar-refractivity contribution in [1.82, 2.24) is 5.32 Å². The van der Waals surface area contributed by atoms with E-state index in [1.807, 2.05) is 12.1 Å². The van der Waals surface area contributed by atoms with Gasteiger partial charge in [-0.05, 0) is 65.6 Å². The zero-order valence-electron chi connectivity index (χ0n) is 12.1. The van der Waals surface area contributed by atoms with Crippen LogP contribution in [0.4, 0.5) is 0 Å². The Morgan fingerprint density at radius 3 is 2.57 bits per heavy atom. The molecule has 1 fully saturated rings. The number of hydrogen-bond donors (Lipinski definition) is 1. The number of rotatable bonds is 4. The molecule has 0 heterocycles. The quantitative estimate of drug-likeness (QED) is 0.623. The molecule has 1 amide bonds. The Morgan fingerprint density at radius 1 is 1.24 bits per heavy atom. The van der Waals surface area contributed by atoms with Crippen LogP contribution in [0.5, 0.6) is 0 Å². The molecule has 2 rings (SSSR count). The van der Waals surface area contributed by atoms with Gasteiger partial charge in [0.05, 0.1) is 5.56 Å². The summed E-state index contributed by atoms with van der Waals surface area (Å²) in [6, 6.07) is 7.28. The van der Waals surface area contributed by atoms with Gasteiger partial charge < -0.3 is 10.1 Å². The van der Waals surface area contributed by atoms with Gasteiger partial charge in [-0.25, -0.2) is 4.79 Å². The number of amides is 1. The standard InChI is InChI=1S/C16H20INO3/c1-11-4-2-3-5-14(11)18-15(19)10-21-16(20)12-6-8-13(17)9-7-12/h6-9,11,14H,2-5,10H2,1H3,(H,18,19)/t11-,14+/m0/s1. The van der Waals surface area contributed by atoms with E-state index in [0.717, 1.165) is 22.8 Å². The first-order valence-corrected chi connectivity index (χ1v) is 8.36. The van der Waals surface area contributed by atoms with Crippen LogP contribution in [-0.2, 0) is 9.53 Å². The van der Waals surface area contributed by atoms with E-state index in [9.17, 15) is 9.59 Å². The number of hydrogen-bond acceptors (Lipinski definition) is 3. The lowest BCUT2D eigenvalue weighted by atomic mass is 9.86. The van der Waals surface area contributed by atoms with Crippen molar-refractivity contribution in [3.63, 3.8) is 0 Å². The minimum atomic E-state index is -0.460. The summed E-state index contributed by atoms with van der Waals surface area (Å²) in [5, 5.41) is 2.97. The van der Waals surface area contributed by atoms with E-state index in [4.69, 9.17) is 4.74 Å². The smallest absolute Gasteiger partial charge is 0.338 e. The topological polar surface area (TPSA) is 55.4 Å². The third-order valence-corrected chi connectivity index (χ3v) is 4.59. The second-order valence-electron chi connectivity index (χ2n) is 5.52. The number of nitrogens with one attached hydrogen (secondary N) is 1. The van der Waals surface area contributed by atoms with Crippen LogP contribution in [0.3, 0.4) is 0 Å². The van der Waals surface area contributed by atoms with E-state index >= 15 is 0 Å². The summed E-state index contributed by atoms with van der Waals surface area (Å²) in [6.07, 6.45) is 4.54. The molecule has 0 bridgehead atoms. The van der Waals surface area contributed by atoms with Crippen molar-refractivity contribution >= 4 is 34.5 Å². The SMILES string of the molecule is C[C@H]1CCCC[C@H]1NC(=O)COC(=O)c1ccc(I)cc1. The fourth-order valence-corrected chi connectivity index (χ4v) is 2.94. The molecule has 1 aliphatic rings. The van der Waals surface area contributed by atoms with E-state index in [1.165, 1.54) is 6.42 Å². The number of carbonyl (C=O) groups excluding carboxylic acids is 2. The van der Waals surface area contributed by atoms with Crippen LogP contribution in [0.1, 0.15) is 43.0 Å². The fraction of sp³-hybridized carbons (Fsp3) is 0.500. The highest BCUT2D eigenvalue weighted by atomic mass is 127. The van der Waals surface area contributed by atoms with Crippen molar-refractivity contribution in [3.8, 4) is 0 Å². The van der Waals surface area contributed by atoms with Crippen LogP contribution >= 0.6 is 22.6 Å². The largest absolute Gasteiger partial charge is 0.452 e. The van der Waals surface area contributed by atoms with Gasteiger partial charge in [0.25, 0.3) is 5.91 Å². The average molecular weight is 401 g/mol. The van der Waals surface area contributed by atoms with Gasteiger partial charge in [0, 0.05) is 9.61 Å². The summed E-state index contributed by atoms with van der Waals surface area (Å²) in [7, 11) is 0. The van der Waals surface area contributed by atoms with Gasteiger partial charge in [0.2, 0.25) is 0 Å². The second-order valence-corrected chi connectivity index (χ2v) is 6.76. The van der Waals surface area contributed by atoms with Gasteiger partial charge in [0.15, 0.2) is 6.61 Å². The number of esters is 1. The van der Waals surface area contributed by atoms with Crippen LogP contribution in [-0.4, -0.2) is 24.5 Å². The van der Waals surface area contributed by atoms with Crippen LogP contribution in [0.2, 0.25) is 0 Å². The zero-order chi connectivity index (χ0) is 15.2. The van der Waals surface area contributed by atoms with Crippen LogP contribution in [0.15, 0.2) is 24.3 Å². The van der Waals surface area contributed by atoms with Crippen molar-refractivity contribution < 1.29 is 14.3 Å². The van der Waals surface area contributed by atoms with Gasteiger partial charge in [-0.15, -0.1) is 0 Å². The van der Waals surface area contributed by atoms with Gasteiger partial charge in [-0.3, -0.25) is 4.79 Å². The third kappa shape index (κ3) is 4.98. The Kier molecular flexibility index (Phi) is 6.02. The minimum Gasteiger partial charge on any atom is -0.452 e. The Bertz CT molecular complexity index is 501. The number of ether oxygens (including phenoxy) is 1. The molecular weight excluding hydrogens is 381 g/mol. The number of benzene rings is 1. The van der Waals surface area contributed by atoms with Gasteiger partial charge in [-0.2, -0.15) is 0 Å². The summed E-state index contributed by atoms with van der Waals surface area (Å²) >= 11 is 2.17. The maximum absolute atomic E-state index is 11.9. The lowest BCUT2D eigenvalue weighted by molar-refractivity contribution is -0.125. The predicted molar refractivity (Wildman–Crippen MR) is 89.0 cm³/mol. The molecule has 0 saturated heterocycles. The first-order chi connectivity index (χ1) is 10.1. The number of halogens is 1. The third-order valence-electron chi connectivity index (χ3n) is 3.87. The molecule has 21 heavy (non-hydrogen) atoms. The van der Waals surface area contributed by atoms with Crippen molar-refractivity contribution in [1.29, 1.82) is 0 Å². The summed E-state index contributed by atoms with van der Waals surface area (Å²) in [5.41, 5.74) is 0.467. The fourth-order valence-electron chi connectivity index (χ4n) is 2.58. The Labute approximate surface area is 138 Å². The normalized spacial score (nSPS) is 21.6. The highest BCUT2D eigenvalue weighted by Crippen LogP contribution is 2.23. The van der Waals surface area contributed by atoms with Crippen molar-refractivity contribution in [2.75, 3.05) is 6.61 Å². The molecule has 0 radical (unpaired) electrons. The Morgan fingerprint density at radius 2 is 1.90 bits per heavy atom. The van der Waals surface area contributed by atoms with Crippen molar-refractivity contribution in [2.24, 2.45) is 5.92 Å². The molecule has 0 aromatic heterocycles. The van der Waals surface area contributed by atoms with Crippen molar-refractivity contribution in [3.05, 3.63) is 33.4 Å². The van der Waals surface area contributed by atoms with Gasteiger partial charge >= 0.3 is 5.97 Å². The molecule has 114 valence electrons. The van der Waals surface area contributed by atoms with Crippen LogP contribution < -0.4 is 5.32 Å². The first kappa shape index (κ1) is 16.3. The molecule has 0 spiro atoms. The lowest BCUT2D eigenvalue weighted by Gasteiger charge is -2.29. The summed E-state index contributed by atoms with van der Waals surface area (Å²) < 4.78 is 6.10. The molecule has 0 unspecified atom stereocenters. The predicted octanol–water partition coefficient (Wildman–Crippen LogP) is 3.14.